The molecule has 0 unspecified atom stereocenters. The first-order chi connectivity index (χ1) is 18.2. The van der Waals surface area contributed by atoms with Gasteiger partial charge in [-0.15, -0.1) is 0 Å². The van der Waals surface area contributed by atoms with E-state index in [9.17, 15) is 29.4 Å². The van der Waals surface area contributed by atoms with Crippen LogP contribution in [0.25, 0.3) is 0 Å². The standard InChI is InChI=1S/C30H46O8/c1-5-9-13-17-21(31)24-26(30(36)37-20-16-12-8-4)25(22(32)18-14-10-6-2)29(28(35)27(24)34)38-23(33)19-15-11-7-3/h34-35H,5-20H2,1-4H3. The largest absolute Gasteiger partial charge is 0.504 e. The lowest BCUT2D eigenvalue weighted by molar-refractivity contribution is -0.134. The predicted molar refractivity (Wildman–Crippen MR) is 146 cm³/mol. The van der Waals surface area contributed by atoms with Crippen molar-refractivity contribution in [2.45, 2.75) is 124 Å². The number of Topliss-reactive ketones (excluding diaryl/α,β-unsaturated/α-hetero) is 2. The van der Waals surface area contributed by atoms with Crippen LogP contribution >= 0.6 is 0 Å². The molecule has 0 fully saturated rings. The average Bonchev–Trinajstić information content (AvgIpc) is 2.89. The number of hydrogen-bond donors (Lipinski definition) is 2. The number of esters is 2. The van der Waals surface area contributed by atoms with E-state index >= 15 is 0 Å². The molecule has 214 valence electrons. The van der Waals surface area contributed by atoms with Crippen LogP contribution in [0.15, 0.2) is 0 Å². The summed E-state index contributed by atoms with van der Waals surface area (Å²) in [5.74, 6) is -5.18. The predicted octanol–water partition coefficient (Wildman–Crippen LogP) is 7.46. The second-order valence-electron chi connectivity index (χ2n) is 9.69. The SMILES string of the molecule is CCCCCOC(=O)c1c(C(=O)CCCCC)c(O)c(O)c(OC(=O)CCCCC)c1C(=O)CCCCC. The molecule has 1 aromatic rings. The molecule has 0 bridgehead atoms. The van der Waals surface area contributed by atoms with Crippen LogP contribution in [0.4, 0.5) is 0 Å². The van der Waals surface area contributed by atoms with Gasteiger partial charge in [-0.05, 0) is 25.7 Å². The number of carbonyl (C=O) groups excluding carboxylic acids is 4. The normalized spacial score (nSPS) is 10.8. The molecule has 1 aromatic carbocycles. The molecule has 0 aliphatic heterocycles. The Morgan fingerprint density at radius 2 is 1.05 bits per heavy atom. The quantitative estimate of drug-likeness (QED) is 0.0580. The van der Waals surface area contributed by atoms with Crippen LogP contribution in [0.1, 0.15) is 155 Å². The van der Waals surface area contributed by atoms with Gasteiger partial charge in [0.15, 0.2) is 23.1 Å². The Morgan fingerprint density at radius 1 is 0.579 bits per heavy atom. The smallest absolute Gasteiger partial charge is 0.339 e. The molecule has 0 amide bonds. The summed E-state index contributed by atoms with van der Waals surface area (Å²) in [6.07, 6.45) is 8.80. The first-order valence-corrected chi connectivity index (χ1v) is 14.3. The van der Waals surface area contributed by atoms with E-state index in [1.165, 1.54) is 0 Å². The van der Waals surface area contributed by atoms with Crippen molar-refractivity contribution < 1.29 is 38.9 Å². The Kier molecular flexibility index (Phi) is 16.0. The van der Waals surface area contributed by atoms with E-state index in [4.69, 9.17) is 9.47 Å². The Morgan fingerprint density at radius 3 is 1.58 bits per heavy atom. The number of ether oxygens (including phenoxy) is 2. The van der Waals surface area contributed by atoms with Gasteiger partial charge >= 0.3 is 11.9 Å². The minimum Gasteiger partial charge on any atom is -0.504 e. The molecule has 0 aromatic heterocycles. The van der Waals surface area contributed by atoms with Crippen molar-refractivity contribution in [2.75, 3.05) is 6.61 Å². The van der Waals surface area contributed by atoms with Crippen molar-refractivity contribution in [2.24, 2.45) is 0 Å². The van der Waals surface area contributed by atoms with Crippen molar-refractivity contribution in [1.29, 1.82) is 0 Å². The van der Waals surface area contributed by atoms with Gasteiger partial charge < -0.3 is 19.7 Å². The lowest BCUT2D eigenvalue weighted by Gasteiger charge is -2.20. The van der Waals surface area contributed by atoms with E-state index in [0.29, 0.717) is 25.7 Å². The van der Waals surface area contributed by atoms with Crippen LogP contribution in [0.2, 0.25) is 0 Å². The van der Waals surface area contributed by atoms with E-state index in [1.54, 1.807) is 0 Å². The highest BCUT2D eigenvalue weighted by atomic mass is 16.5. The van der Waals surface area contributed by atoms with Crippen molar-refractivity contribution >= 4 is 23.5 Å². The number of benzene rings is 1. The van der Waals surface area contributed by atoms with Gasteiger partial charge in [0, 0.05) is 19.3 Å². The van der Waals surface area contributed by atoms with Gasteiger partial charge in [0.1, 0.15) is 0 Å². The van der Waals surface area contributed by atoms with Crippen molar-refractivity contribution in [3.63, 3.8) is 0 Å². The van der Waals surface area contributed by atoms with E-state index in [2.05, 4.69) is 0 Å². The van der Waals surface area contributed by atoms with Gasteiger partial charge in [-0.1, -0.05) is 79.1 Å². The topological polar surface area (TPSA) is 127 Å². The summed E-state index contributed by atoms with van der Waals surface area (Å²) in [6.45, 7) is 8.00. The summed E-state index contributed by atoms with van der Waals surface area (Å²) in [5.41, 5.74) is -1.26. The maximum Gasteiger partial charge on any atom is 0.339 e. The maximum absolute atomic E-state index is 13.5. The third-order valence-corrected chi connectivity index (χ3v) is 6.36. The summed E-state index contributed by atoms with van der Waals surface area (Å²) < 4.78 is 10.8. The van der Waals surface area contributed by atoms with Gasteiger partial charge in [0.05, 0.1) is 23.3 Å². The second kappa shape index (κ2) is 18.4. The zero-order valence-electron chi connectivity index (χ0n) is 23.7. The highest BCUT2D eigenvalue weighted by Gasteiger charge is 2.36. The fourth-order valence-corrected chi connectivity index (χ4v) is 4.14. The van der Waals surface area contributed by atoms with Crippen LogP contribution in [0.5, 0.6) is 17.2 Å². The zero-order valence-corrected chi connectivity index (χ0v) is 23.7. The van der Waals surface area contributed by atoms with Crippen molar-refractivity contribution in [3.05, 3.63) is 16.7 Å². The van der Waals surface area contributed by atoms with E-state index in [1.807, 2.05) is 27.7 Å². The summed E-state index contributed by atoms with van der Waals surface area (Å²) in [7, 11) is 0. The number of carbonyl (C=O) groups is 4. The summed E-state index contributed by atoms with van der Waals surface area (Å²) in [6, 6.07) is 0. The Bertz CT molecular complexity index is 935. The number of unbranched alkanes of at least 4 members (excludes halogenated alkanes) is 8. The molecule has 1 rings (SSSR count). The van der Waals surface area contributed by atoms with Crippen LogP contribution in [-0.2, 0) is 9.53 Å². The lowest BCUT2D eigenvalue weighted by Crippen LogP contribution is -2.21. The molecule has 0 aliphatic carbocycles. The number of hydrogen-bond acceptors (Lipinski definition) is 8. The van der Waals surface area contributed by atoms with Crippen LogP contribution < -0.4 is 4.74 Å². The number of phenols is 2. The number of ketones is 2. The van der Waals surface area contributed by atoms with Gasteiger partial charge in [-0.25, -0.2) is 4.79 Å². The summed E-state index contributed by atoms with van der Waals surface area (Å²) in [5, 5.41) is 21.8. The first-order valence-electron chi connectivity index (χ1n) is 14.3. The molecule has 0 saturated carbocycles. The van der Waals surface area contributed by atoms with Gasteiger partial charge in [0.2, 0.25) is 5.75 Å². The Labute approximate surface area is 227 Å². The molecule has 0 radical (unpaired) electrons. The van der Waals surface area contributed by atoms with Gasteiger partial charge in [0.25, 0.3) is 0 Å². The average molecular weight is 535 g/mol. The molecule has 0 saturated heterocycles. The third-order valence-electron chi connectivity index (χ3n) is 6.36. The highest BCUT2D eigenvalue weighted by Crippen LogP contribution is 2.46. The minimum atomic E-state index is -0.961. The van der Waals surface area contributed by atoms with Crippen LogP contribution in [-0.4, -0.2) is 40.3 Å². The van der Waals surface area contributed by atoms with E-state index in [0.717, 1.165) is 51.4 Å². The highest BCUT2D eigenvalue weighted by molar-refractivity contribution is 6.17. The molecular weight excluding hydrogens is 488 g/mol. The van der Waals surface area contributed by atoms with Crippen molar-refractivity contribution in [3.8, 4) is 17.2 Å². The van der Waals surface area contributed by atoms with Gasteiger partial charge in [-0.3, -0.25) is 14.4 Å². The third kappa shape index (κ3) is 10.1. The lowest BCUT2D eigenvalue weighted by atomic mass is 9.89. The number of aromatic hydroxyl groups is 2. The fraction of sp³-hybridized carbons (Fsp3) is 0.667. The van der Waals surface area contributed by atoms with Gasteiger partial charge in [-0.2, -0.15) is 0 Å². The minimum absolute atomic E-state index is 0.0105. The molecule has 8 heteroatoms. The Balaban J connectivity index is 3.72. The molecule has 0 spiro atoms. The second-order valence-corrected chi connectivity index (χ2v) is 9.69. The number of phenolic OH excluding ortho intramolecular Hbond substituents is 2. The summed E-state index contributed by atoms with van der Waals surface area (Å²) >= 11 is 0. The summed E-state index contributed by atoms with van der Waals surface area (Å²) in [4.78, 5) is 52.7. The maximum atomic E-state index is 13.5. The zero-order chi connectivity index (χ0) is 28.5. The van der Waals surface area contributed by atoms with Crippen LogP contribution in [0.3, 0.4) is 0 Å². The van der Waals surface area contributed by atoms with Crippen LogP contribution in [0, 0.1) is 0 Å². The van der Waals surface area contributed by atoms with Crippen molar-refractivity contribution in [1.82, 2.24) is 0 Å². The monoisotopic (exact) mass is 534 g/mol. The molecule has 8 nitrogen and oxygen atoms in total. The Hall–Kier alpha value is -2.90. The molecule has 0 atom stereocenters. The molecule has 38 heavy (non-hydrogen) atoms. The number of rotatable bonds is 20. The first kappa shape index (κ1) is 33.1. The van der Waals surface area contributed by atoms with E-state index < -0.39 is 51.9 Å². The van der Waals surface area contributed by atoms with E-state index in [-0.39, 0.29) is 31.4 Å². The molecular formula is C30H46O8. The molecule has 0 heterocycles. The molecule has 0 aliphatic rings. The fourth-order valence-electron chi connectivity index (χ4n) is 4.14. The molecule has 2 N–H and O–H groups in total.